The molecule has 3 aromatic carbocycles. The van der Waals surface area contributed by atoms with Gasteiger partial charge in [0.2, 0.25) is 5.91 Å². The molecule has 1 aliphatic rings. The molecule has 4 amide bonds. The van der Waals surface area contributed by atoms with Gasteiger partial charge in [0, 0.05) is 10.6 Å². The van der Waals surface area contributed by atoms with E-state index < -0.39 is 41.9 Å². The summed E-state index contributed by atoms with van der Waals surface area (Å²) in [5.74, 6) is -3.78. The second kappa shape index (κ2) is 9.22. The van der Waals surface area contributed by atoms with Crippen molar-refractivity contribution in [3.8, 4) is 0 Å². The van der Waals surface area contributed by atoms with Gasteiger partial charge in [0.05, 0.1) is 17.7 Å². The number of anilines is 1. The summed E-state index contributed by atoms with van der Waals surface area (Å²) < 4.78 is 14.4. The molecular formula is C24H17ClFN3O4. The number of hydrogen-bond donors (Lipinski definition) is 1. The highest BCUT2D eigenvalue weighted by Crippen LogP contribution is 2.27. The smallest absolute Gasteiger partial charge is 0.274 e. The van der Waals surface area contributed by atoms with Crippen molar-refractivity contribution in [2.45, 2.75) is 12.5 Å². The third kappa shape index (κ3) is 4.47. The van der Waals surface area contributed by atoms with E-state index in [0.29, 0.717) is 5.02 Å². The van der Waals surface area contributed by atoms with E-state index in [0.717, 1.165) is 16.0 Å². The summed E-state index contributed by atoms with van der Waals surface area (Å²) in [6.07, 6.45) is -0.392. The van der Waals surface area contributed by atoms with E-state index in [1.807, 2.05) is 0 Å². The number of imide groups is 1. The third-order valence-corrected chi connectivity index (χ3v) is 5.35. The first-order chi connectivity index (χ1) is 15.9. The number of hydrogen-bond acceptors (Lipinski definition) is 4. The SMILES string of the molecule is O=C(NN(C(=O)c1ccccc1F)C1CC(=O)N(c2ccc(Cl)cc2)C1=O)c1ccccc1. The summed E-state index contributed by atoms with van der Waals surface area (Å²) in [5, 5.41) is 1.14. The van der Waals surface area contributed by atoms with E-state index in [4.69, 9.17) is 11.6 Å². The van der Waals surface area contributed by atoms with Gasteiger partial charge < -0.3 is 0 Å². The van der Waals surface area contributed by atoms with Crippen LogP contribution in [-0.4, -0.2) is 34.7 Å². The Morgan fingerprint density at radius 3 is 2.24 bits per heavy atom. The molecule has 1 fully saturated rings. The van der Waals surface area contributed by atoms with Gasteiger partial charge in [-0.05, 0) is 48.5 Å². The highest BCUT2D eigenvalue weighted by Gasteiger charge is 2.45. The van der Waals surface area contributed by atoms with Crippen LogP contribution in [0.15, 0.2) is 78.9 Å². The first-order valence-electron chi connectivity index (χ1n) is 9.93. The first-order valence-corrected chi connectivity index (χ1v) is 10.3. The Morgan fingerprint density at radius 2 is 1.58 bits per heavy atom. The molecule has 3 aromatic rings. The highest BCUT2D eigenvalue weighted by atomic mass is 35.5. The number of benzene rings is 3. The molecule has 0 spiro atoms. The maximum atomic E-state index is 14.4. The molecule has 1 saturated heterocycles. The van der Waals surface area contributed by atoms with Gasteiger partial charge in [-0.1, -0.05) is 41.9 Å². The Hall–Kier alpha value is -4.04. The van der Waals surface area contributed by atoms with Crippen LogP contribution in [0, 0.1) is 5.82 Å². The highest BCUT2D eigenvalue weighted by molar-refractivity contribution is 6.31. The topological polar surface area (TPSA) is 86.8 Å². The molecule has 1 atom stereocenters. The van der Waals surface area contributed by atoms with E-state index in [1.54, 1.807) is 18.2 Å². The molecule has 166 valence electrons. The summed E-state index contributed by atoms with van der Waals surface area (Å²) >= 11 is 5.89. The fraction of sp³-hybridized carbons (Fsp3) is 0.0833. The zero-order valence-corrected chi connectivity index (χ0v) is 17.8. The predicted molar refractivity (Wildman–Crippen MR) is 119 cm³/mol. The van der Waals surface area contributed by atoms with Crippen molar-refractivity contribution in [1.29, 1.82) is 0 Å². The van der Waals surface area contributed by atoms with Gasteiger partial charge >= 0.3 is 0 Å². The third-order valence-electron chi connectivity index (χ3n) is 5.10. The monoisotopic (exact) mass is 465 g/mol. The Kier molecular flexibility index (Phi) is 6.19. The van der Waals surface area contributed by atoms with E-state index in [-0.39, 0.29) is 16.8 Å². The minimum atomic E-state index is -1.37. The lowest BCUT2D eigenvalue weighted by atomic mass is 10.1. The lowest BCUT2D eigenvalue weighted by molar-refractivity contribution is -0.122. The Bertz CT molecular complexity index is 1230. The van der Waals surface area contributed by atoms with Gasteiger partial charge in [0.15, 0.2) is 0 Å². The number of amides is 4. The van der Waals surface area contributed by atoms with E-state index >= 15 is 0 Å². The van der Waals surface area contributed by atoms with Crippen molar-refractivity contribution in [3.05, 3.63) is 101 Å². The molecule has 0 radical (unpaired) electrons. The Labute approximate surface area is 193 Å². The summed E-state index contributed by atoms with van der Waals surface area (Å²) in [5.41, 5.74) is 2.53. The van der Waals surface area contributed by atoms with Gasteiger partial charge in [0.25, 0.3) is 17.7 Å². The maximum absolute atomic E-state index is 14.4. The lowest BCUT2D eigenvalue weighted by Gasteiger charge is -2.28. The van der Waals surface area contributed by atoms with E-state index in [9.17, 15) is 23.6 Å². The molecule has 7 nitrogen and oxygen atoms in total. The summed E-state index contributed by atoms with van der Waals surface area (Å²) in [7, 11) is 0. The van der Waals surface area contributed by atoms with Crippen LogP contribution in [0.25, 0.3) is 0 Å². The van der Waals surface area contributed by atoms with Crippen LogP contribution in [0.1, 0.15) is 27.1 Å². The minimum absolute atomic E-state index is 0.218. The molecule has 1 N–H and O–H groups in total. The minimum Gasteiger partial charge on any atom is -0.274 e. The molecule has 33 heavy (non-hydrogen) atoms. The number of hydrazine groups is 1. The fourth-order valence-corrected chi connectivity index (χ4v) is 3.60. The van der Waals surface area contributed by atoms with Crippen LogP contribution in [0.3, 0.4) is 0 Å². The molecular weight excluding hydrogens is 449 g/mol. The molecule has 0 aromatic heterocycles. The van der Waals surface area contributed by atoms with Crippen LogP contribution in [0.2, 0.25) is 5.02 Å². The second-order valence-corrected chi connectivity index (χ2v) is 7.66. The number of nitrogens with one attached hydrogen (secondary N) is 1. The first kappa shape index (κ1) is 22.2. The van der Waals surface area contributed by atoms with E-state index in [2.05, 4.69) is 5.43 Å². The maximum Gasteiger partial charge on any atom is 0.276 e. The average molecular weight is 466 g/mol. The normalized spacial score (nSPS) is 15.5. The molecule has 9 heteroatoms. The van der Waals surface area contributed by atoms with Gasteiger partial charge in [-0.25, -0.2) is 14.3 Å². The van der Waals surface area contributed by atoms with Gasteiger partial charge in [-0.15, -0.1) is 0 Å². The molecule has 1 unspecified atom stereocenters. The number of carbonyl (C=O) groups excluding carboxylic acids is 4. The summed E-state index contributed by atoms with van der Waals surface area (Å²) in [6.45, 7) is 0. The van der Waals surface area contributed by atoms with Crippen molar-refractivity contribution in [1.82, 2.24) is 10.4 Å². The van der Waals surface area contributed by atoms with E-state index in [1.165, 1.54) is 54.6 Å². The predicted octanol–water partition coefficient (Wildman–Crippen LogP) is 3.60. The second-order valence-electron chi connectivity index (χ2n) is 7.23. The van der Waals surface area contributed by atoms with Crippen molar-refractivity contribution in [2.75, 3.05) is 4.90 Å². The van der Waals surface area contributed by atoms with Crippen LogP contribution in [-0.2, 0) is 9.59 Å². The largest absolute Gasteiger partial charge is 0.276 e. The zero-order chi connectivity index (χ0) is 23.5. The molecule has 1 aliphatic heterocycles. The Morgan fingerprint density at radius 1 is 0.939 bits per heavy atom. The quantitative estimate of drug-likeness (QED) is 0.471. The number of carbonyl (C=O) groups is 4. The number of rotatable bonds is 4. The number of nitrogens with zero attached hydrogens (tertiary/aromatic N) is 2. The molecule has 0 bridgehead atoms. The molecule has 4 rings (SSSR count). The number of halogens is 2. The van der Waals surface area contributed by atoms with Crippen LogP contribution in [0.5, 0.6) is 0 Å². The molecule has 0 aliphatic carbocycles. The molecule has 0 saturated carbocycles. The van der Waals surface area contributed by atoms with Crippen LogP contribution < -0.4 is 10.3 Å². The standard InChI is InChI=1S/C24H17ClFN3O4/c25-16-10-12-17(13-11-16)28-21(30)14-20(24(28)33)29(23(32)18-8-4-5-9-19(18)26)27-22(31)15-6-2-1-3-7-15/h1-13,20H,14H2,(H,27,31). The van der Waals surface area contributed by atoms with Gasteiger partial charge in [-0.2, -0.15) is 0 Å². The van der Waals surface area contributed by atoms with Gasteiger partial charge in [0.1, 0.15) is 11.9 Å². The van der Waals surface area contributed by atoms with Crippen molar-refractivity contribution >= 4 is 40.9 Å². The van der Waals surface area contributed by atoms with Crippen molar-refractivity contribution < 1.29 is 23.6 Å². The lowest BCUT2D eigenvalue weighted by Crippen LogP contribution is -2.54. The van der Waals surface area contributed by atoms with Gasteiger partial charge in [-0.3, -0.25) is 24.6 Å². The zero-order valence-electron chi connectivity index (χ0n) is 17.1. The van der Waals surface area contributed by atoms with Crippen molar-refractivity contribution in [3.63, 3.8) is 0 Å². The Balaban J connectivity index is 1.69. The van der Waals surface area contributed by atoms with Crippen LogP contribution in [0.4, 0.5) is 10.1 Å². The summed E-state index contributed by atoms with van der Waals surface area (Å²) in [4.78, 5) is 52.9. The average Bonchev–Trinajstić information content (AvgIpc) is 3.12. The molecule has 1 heterocycles. The van der Waals surface area contributed by atoms with Crippen molar-refractivity contribution in [2.24, 2.45) is 0 Å². The fourth-order valence-electron chi connectivity index (χ4n) is 3.48. The summed E-state index contributed by atoms with van der Waals surface area (Å²) in [6, 6.07) is 17.8. The van der Waals surface area contributed by atoms with Crippen LogP contribution >= 0.6 is 11.6 Å².